The van der Waals surface area contributed by atoms with E-state index in [0.717, 1.165) is 9.18 Å². The fraction of sp³-hybridized carbons (Fsp3) is 0.296. The van der Waals surface area contributed by atoms with Crippen LogP contribution in [0.2, 0.25) is 0 Å². The van der Waals surface area contributed by atoms with Crippen LogP contribution < -0.4 is 10.1 Å². The van der Waals surface area contributed by atoms with Gasteiger partial charge in [0.1, 0.15) is 5.75 Å². The van der Waals surface area contributed by atoms with Gasteiger partial charge in [0.25, 0.3) is 5.91 Å². The van der Waals surface area contributed by atoms with Crippen LogP contribution in [0.25, 0.3) is 0 Å². The molecule has 2 heterocycles. The number of anilines is 1. The average molecular weight is 559 g/mol. The molecule has 1 aliphatic rings. The lowest BCUT2D eigenvalue weighted by molar-refractivity contribution is -0.143. The van der Waals surface area contributed by atoms with Gasteiger partial charge in [-0.25, -0.2) is 8.42 Å². The molecular formula is C27H30N2O7S2. The second kappa shape index (κ2) is 13.0. The van der Waals surface area contributed by atoms with Gasteiger partial charge in [0.05, 0.1) is 25.2 Å². The molecular weight excluding hydrogens is 528 g/mol. The Morgan fingerprint density at radius 3 is 2.53 bits per heavy atom. The summed E-state index contributed by atoms with van der Waals surface area (Å²) in [5, 5.41) is 14.3. The first-order chi connectivity index (χ1) is 18.4. The molecule has 4 rings (SSSR count). The van der Waals surface area contributed by atoms with E-state index in [0.29, 0.717) is 17.9 Å². The minimum absolute atomic E-state index is 0.00476. The molecule has 1 amide bonds. The van der Waals surface area contributed by atoms with Crippen molar-refractivity contribution in [3.63, 3.8) is 0 Å². The summed E-state index contributed by atoms with van der Waals surface area (Å²) >= 11 is 1.58. The SMILES string of the molecule is COc1ccc(S(=O)(=O)N(CCO)CCO[C@@H]2C[C@H](c3cccs3)C=C(C(=O)Nc3ccccc3)O2)cc1. The molecule has 0 saturated heterocycles. The zero-order valence-corrected chi connectivity index (χ0v) is 22.5. The van der Waals surface area contributed by atoms with Gasteiger partial charge in [0, 0.05) is 36.0 Å². The highest BCUT2D eigenvalue weighted by atomic mass is 32.2. The molecule has 3 aromatic rings. The molecule has 1 aromatic heterocycles. The maximum absolute atomic E-state index is 13.2. The Kier molecular flexibility index (Phi) is 9.53. The summed E-state index contributed by atoms with van der Waals surface area (Å²) in [5.41, 5.74) is 0.640. The standard InChI is InChI=1S/C27H30N2O7S2/c1-34-22-9-11-23(12-10-22)38(32,33)29(13-15-30)14-16-35-26-19-20(25-8-5-17-37-25)18-24(36-26)27(31)28-21-6-3-2-4-7-21/h2-12,17-18,20,26,30H,13-16,19H2,1H3,(H,28,31)/t20-,26+/m1/s1. The zero-order chi connectivity index (χ0) is 27.0. The second-order valence-electron chi connectivity index (χ2n) is 8.43. The maximum atomic E-state index is 13.2. The number of sulfonamides is 1. The molecule has 2 N–H and O–H groups in total. The van der Waals surface area contributed by atoms with Gasteiger partial charge in [-0.15, -0.1) is 11.3 Å². The highest BCUT2D eigenvalue weighted by Gasteiger charge is 2.30. The highest BCUT2D eigenvalue weighted by molar-refractivity contribution is 7.89. The largest absolute Gasteiger partial charge is 0.497 e. The van der Waals surface area contributed by atoms with E-state index in [2.05, 4.69) is 5.32 Å². The number of amides is 1. The van der Waals surface area contributed by atoms with E-state index in [9.17, 15) is 18.3 Å². The van der Waals surface area contributed by atoms with Gasteiger partial charge < -0.3 is 24.6 Å². The molecule has 2 atom stereocenters. The van der Waals surface area contributed by atoms with E-state index in [1.807, 2.05) is 35.7 Å². The first-order valence-electron chi connectivity index (χ1n) is 12.1. The zero-order valence-electron chi connectivity index (χ0n) is 20.9. The van der Waals surface area contributed by atoms with Crippen LogP contribution in [0.15, 0.2) is 88.8 Å². The number of carbonyl (C=O) groups excluding carboxylic acids is 1. The Morgan fingerprint density at radius 2 is 1.87 bits per heavy atom. The minimum atomic E-state index is -3.87. The quantitative estimate of drug-likeness (QED) is 0.348. The van der Waals surface area contributed by atoms with Crippen LogP contribution in [0.4, 0.5) is 5.69 Å². The molecule has 0 radical (unpaired) electrons. The summed E-state index contributed by atoms with van der Waals surface area (Å²) in [6.45, 7) is -0.438. The third-order valence-corrected chi connectivity index (χ3v) is 8.83. The van der Waals surface area contributed by atoms with E-state index in [-0.39, 0.29) is 42.9 Å². The number of nitrogens with zero attached hydrogens (tertiary/aromatic N) is 1. The molecule has 0 fully saturated rings. The van der Waals surface area contributed by atoms with Crippen molar-refractivity contribution in [2.75, 3.05) is 38.7 Å². The molecule has 9 nitrogen and oxygen atoms in total. The Morgan fingerprint density at radius 1 is 1.11 bits per heavy atom. The van der Waals surface area contributed by atoms with Crippen molar-refractivity contribution in [2.24, 2.45) is 0 Å². The van der Waals surface area contributed by atoms with Crippen molar-refractivity contribution >= 4 is 33.0 Å². The number of methoxy groups -OCH3 is 1. The van der Waals surface area contributed by atoms with Gasteiger partial charge in [-0.1, -0.05) is 24.3 Å². The molecule has 2 aromatic carbocycles. The monoisotopic (exact) mass is 558 g/mol. The summed E-state index contributed by atoms with van der Waals surface area (Å²) < 4.78 is 44.4. The summed E-state index contributed by atoms with van der Waals surface area (Å²) in [6.07, 6.45) is 1.49. The Balaban J connectivity index is 1.43. The maximum Gasteiger partial charge on any atom is 0.290 e. The van der Waals surface area contributed by atoms with Crippen molar-refractivity contribution in [1.82, 2.24) is 4.31 Å². The van der Waals surface area contributed by atoms with Crippen molar-refractivity contribution in [1.29, 1.82) is 0 Å². The van der Waals surface area contributed by atoms with Crippen LogP contribution in [0.5, 0.6) is 5.75 Å². The number of para-hydroxylation sites is 1. The van der Waals surface area contributed by atoms with Crippen molar-refractivity contribution in [2.45, 2.75) is 23.5 Å². The topological polar surface area (TPSA) is 114 Å². The fourth-order valence-corrected chi connectivity index (χ4v) is 6.21. The van der Waals surface area contributed by atoms with Crippen LogP contribution in [0.3, 0.4) is 0 Å². The molecule has 0 aliphatic carbocycles. The molecule has 202 valence electrons. The number of hydrogen-bond acceptors (Lipinski definition) is 8. The number of thiophene rings is 1. The number of ether oxygens (including phenoxy) is 3. The van der Waals surface area contributed by atoms with Crippen molar-refractivity contribution in [3.05, 3.63) is 88.8 Å². The van der Waals surface area contributed by atoms with Gasteiger partial charge in [0.15, 0.2) is 5.76 Å². The fourth-order valence-electron chi connectivity index (χ4n) is 3.98. The number of hydrogen-bond donors (Lipinski definition) is 2. The van der Waals surface area contributed by atoms with Gasteiger partial charge >= 0.3 is 0 Å². The predicted molar refractivity (Wildman–Crippen MR) is 144 cm³/mol. The van der Waals surface area contributed by atoms with E-state index in [1.165, 1.54) is 19.2 Å². The Labute approximate surface area is 226 Å². The van der Waals surface area contributed by atoms with Crippen LogP contribution in [0, 0.1) is 0 Å². The number of nitrogens with one attached hydrogen (secondary N) is 1. The molecule has 0 spiro atoms. The third-order valence-electron chi connectivity index (χ3n) is 5.91. The predicted octanol–water partition coefficient (Wildman–Crippen LogP) is 3.81. The summed E-state index contributed by atoms with van der Waals surface area (Å²) in [6, 6.07) is 19.0. The van der Waals surface area contributed by atoms with Crippen molar-refractivity contribution < 1.29 is 32.5 Å². The summed E-state index contributed by atoms with van der Waals surface area (Å²) in [7, 11) is -2.37. The molecule has 11 heteroatoms. The van der Waals surface area contributed by atoms with E-state index in [1.54, 1.807) is 41.7 Å². The first kappa shape index (κ1) is 27.8. The van der Waals surface area contributed by atoms with Crippen molar-refractivity contribution in [3.8, 4) is 5.75 Å². The molecule has 0 unspecified atom stereocenters. The number of aliphatic hydroxyl groups excluding tert-OH is 1. The number of benzene rings is 2. The average Bonchev–Trinajstić information content (AvgIpc) is 3.48. The van der Waals surface area contributed by atoms with Gasteiger partial charge in [0.2, 0.25) is 16.3 Å². The number of carbonyl (C=O) groups is 1. The molecule has 1 aliphatic heterocycles. The normalized spacial score (nSPS) is 17.5. The molecule has 0 bridgehead atoms. The van der Waals surface area contributed by atoms with E-state index >= 15 is 0 Å². The Bertz CT molecular complexity index is 1310. The van der Waals surface area contributed by atoms with Gasteiger partial charge in [-0.05, 0) is 53.9 Å². The van der Waals surface area contributed by atoms with E-state index < -0.39 is 22.2 Å². The number of rotatable bonds is 12. The number of aliphatic hydroxyl groups is 1. The lowest BCUT2D eigenvalue weighted by Crippen LogP contribution is -2.37. The van der Waals surface area contributed by atoms with Crippen LogP contribution in [0.1, 0.15) is 17.2 Å². The van der Waals surface area contributed by atoms with Gasteiger partial charge in [-0.3, -0.25) is 4.79 Å². The first-order valence-corrected chi connectivity index (χ1v) is 14.4. The van der Waals surface area contributed by atoms with Crippen LogP contribution in [-0.4, -0.2) is 63.4 Å². The lowest BCUT2D eigenvalue weighted by Gasteiger charge is -2.29. The highest BCUT2D eigenvalue weighted by Crippen LogP contribution is 2.34. The van der Waals surface area contributed by atoms with Crippen LogP contribution >= 0.6 is 11.3 Å². The summed E-state index contributed by atoms with van der Waals surface area (Å²) in [5.74, 6) is 0.189. The molecule has 0 saturated carbocycles. The third kappa shape index (κ3) is 7.00. The smallest absolute Gasteiger partial charge is 0.290 e. The second-order valence-corrected chi connectivity index (χ2v) is 11.3. The lowest BCUT2D eigenvalue weighted by atomic mass is 9.99. The molecule has 38 heavy (non-hydrogen) atoms. The Hall–Kier alpha value is -3.22. The minimum Gasteiger partial charge on any atom is -0.497 e. The van der Waals surface area contributed by atoms with Crippen LogP contribution in [-0.2, 0) is 24.3 Å². The summed E-state index contributed by atoms with van der Waals surface area (Å²) in [4.78, 5) is 14.1. The van der Waals surface area contributed by atoms with Gasteiger partial charge in [-0.2, -0.15) is 4.31 Å². The van der Waals surface area contributed by atoms with E-state index in [4.69, 9.17) is 14.2 Å². The number of allylic oxidation sites excluding steroid dienone is 1.